The van der Waals surface area contributed by atoms with Crippen LogP contribution < -0.4 is 16.0 Å². The second kappa shape index (κ2) is 9.93. The molecule has 1 saturated heterocycles. The summed E-state index contributed by atoms with van der Waals surface area (Å²) in [5, 5.41) is 11.2. The molecule has 0 saturated carbocycles. The predicted octanol–water partition coefficient (Wildman–Crippen LogP) is 2.95. The number of piperazine rings is 1. The van der Waals surface area contributed by atoms with Gasteiger partial charge < -0.3 is 21.4 Å². The highest BCUT2D eigenvalue weighted by molar-refractivity contribution is 7.85. The molecule has 10 nitrogen and oxygen atoms in total. The SMILES string of the molecule is CC1CN(c2cc(N=S(C)C)nc(-c3cnc4cnc(C(F)(F)F)cn34)n2)C(C)C(/C(C=N)=C/N)N1. The lowest BCUT2D eigenvalue weighted by Crippen LogP contribution is -2.61. The van der Waals surface area contributed by atoms with Gasteiger partial charge in [-0.05, 0) is 26.4 Å². The topological polar surface area (TPSA) is 133 Å². The quantitative estimate of drug-likeness (QED) is 0.441. The molecule has 0 bridgehead atoms. The van der Waals surface area contributed by atoms with Crippen LogP contribution in [0.25, 0.3) is 17.2 Å². The van der Waals surface area contributed by atoms with Crippen molar-refractivity contribution in [1.29, 1.82) is 5.41 Å². The first-order valence-corrected chi connectivity index (χ1v) is 13.1. The summed E-state index contributed by atoms with van der Waals surface area (Å²) in [6, 6.07) is 1.45. The molecule has 0 aromatic carbocycles. The average molecular weight is 521 g/mol. The number of anilines is 1. The molecule has 4 rings (SSSR count). The van der Waals surface area contributed by atoms with Crippen LogP contribution in [0, 0.1) is 5.41 Å². The first-order valence-electron chi connectivity index (χ1n) is 11.1. The molecule has 36 heavy (non-hydrogen) atoms. The van der Waals surface area contributed by atoms with Crippen LogP contribution in [0.3, 0.4) is 0 Å². The molecule has 3 atom stereocenters. The Hall–Kier alpha value is -3.39. The van der Waals surface area contributed by atoms with Gasteiger partial charge >= 0.3 is 6.18 Å². The molecule has 1 aliphatic rings. The van der Waals surface area contributed by atoms with E-state index in [9.17, 15) is 13.2 Å². The van der Waals surface area contributed by atoms with Gasteiger partial charge in [-0.2, -0.15) is 13.2 Å². The molecule has 1 aliphatic heterocycles. The van der Waals surface area contributed by atoms with E-state index in [-0.39, 0.29) is 46.0 Å². The highest BCUT2D eigenvalue weighted by Crippen LogP contribution is 2.31. The Labute approximate surface area is 208 Å². The maximum atomic E-state index is 13.3. The Morgan fingerprint density at radius 3 is 2.64 bits per heavy atom. The zero-order valence-electron chi connectivity index (χ0n) is 20.2. The van der Waals surface area contributed by atoms with Crippen LogP contribution in [0.2, 0.25) is 0 Å². The lowest BCUT2D eigenvalue weighted by Gasteiger charge is -2.44. The van der Waals surface area contributed by atoms with E-state index in [0.29, 0.717) is 23.8 Å². The van der Waals surface area contributed by atoms with Crippen LogP contribution in [0.4, 0.5) is 24.8 Å². The van der Waals surface area contributed by atoms with Crippen molar-refractivity contribution < 1.29 is 13.2 Å². The molecule has 192 valence electrons. The Kier molecular flexibility index (Phi) is 7.09. The number of aromatic nitrogens is 5. The highest BCUT2D eigenvalue weighted by atomic mass is 32.2. The first kappa shape index (κ1) is 25.7. The zero-order valence-corrected chi connectivity index (χ0v) is 21.0. The van der Waals surface area contributed by atoms with E-state index in [1.54, 1.807) is 6.07 Å². The minimum Gasteiger partial charge on any atom is -0.404 e. The van der Waals surface area contributed by atoms with E-state index in [1.165, 1.54) is 23.0 Å². The number of fused-ring (bicyclic) bond motifs is 1. The van der Waals surface area contributed by atoms with Crippen LogP contribution in [-0.4, -0.2) is 67.7 Å². The summed E-state index contributed by atoms with van der Waals surface area (Å²) in [6.45, 7) is 4.61. The van der Waals surface area contributed by atoms with Gasteiger partial charge in [0.15, 0.2) is 23.0 Å². The Bertz CT molecular complexity index is 1350. The van der Waals surface area contributed by atoms with Gasteiger partial charge in [0, 0.05) is 48.9 Å². The second-order valence-corrected chi connectivity index (χ2v) is 10.4. The first-order chi connectivity index (χ1) is 17.0. The van der Waals surface area contributed by atoms with Gasteiger partial charge in [0.2, 0.25) is 0 Å². The molecular formula is C22H27F3N10S. The van der Waals surface area contributed by atoms with Crippen LogP contribution in [0.1, 0.15) is 19.5 Å². The summed E-state index contributed by atoms with van der Waals surface area (Å²) in [6.07, 6.45) is 5.28. The number of halogens is 3. The number of hydrogen-bond acceptors (Lipinski definition) is 9. The van der Waals surface area contributed by atoms with Crippen molar-refractivity contribution in [3.63, 3.8) is 0 Å². The zero-order chi connectivity index (χ0) is 26.2. The maximum Gasteiger partial charge on any atom is 0.434 e. The van der Waals surface area contributed by atoms with Crippen molar-refractivity contribution in [2.45, 2.75) is 38.1 Å². The third-order valence-electron chi connectivity index (χ3n) is 5.81. The summed E-state index contributed by atoms with van der Waals surface area (Å²) in [5.41, 5.74) is 5.88. The fraction of sp³-hybridized carbons (Fsp3) is 0.409. The van der Waals surface area contributed by atoms with Crippen LogP contribution in [-0.2, 0) is 16.9 Å². The minimum atomic E-state index is -4.61. The molecule has 4 N–H and O–H groups in total. The average Bonchev–Trinajstić information content (AvgIpc) is 3.24. The van der Waals surface area contributed by atoms with E-state index in [0.717, 1.165) is 12.4 Å². The molecule has 3 aromatic heterocycles. The molecule has 4 heterocycles. The minimum absolute atomic E-state index is 0.0445. The van der Waals surface area contributed by atoms with Gasteiger partial charge in [-0.15, -0.1) is 0 Å². The number of alkyl halides is 3. The smallest absolute Gasteiger partial charge is 0.404 e. The molecule has 0 aliphatic carbocycles. The lowest BCUT2D eigenvalue weighted by molar-refractivity contribution is -0.141. The van der Waals surface area contributed by atoms with E-state index >= 15 is 0 Å². The fourth-order valence-electron chi connectivity index (χ4n) is 4.18. The summed E-state index contributed by atoms with van der Waals surface area (Å²) in [5.74, 6) is 1.18. The van der Waals surface area contributed by atoms with Crippen molar-refractivity contribution in [3.8, 4) is 11.5 Å². The van der Waals surface area contributed by atoms with Gasteiger partial charge in [0.1, 0.15) is 11.5 Å². The summed E-state index contributed by atoms with van der Waals surface area (Å²) in [7, 11) is -0.343. The standard InChI is InChI=1S/C22H27F3N10S/c1-12-10-34(13(2)20(30-12)14(6-26)7-27)18-5-17(33-36(3)4)31-21(32-18)15-8-29-19-9-28-16(11-35(15)19)22(23,24)25/h5-9,11-13,20,26,30H,10,27H2,1-4H3/b14-7+,26-6?. The van der Waals surface area contributed by atoms with Crippen molar-refractivity contribution in [2.24, 2.45) is 10.1 Å². The Balaban J connectivity index is 1.87. The molecular weight excluding hydrogens is 493 g/mol. The molecule has 0 spiro atoms. The van der Waals surface area contributed by atoms with Gasteiger partial charge in [-0.25, -0.2) is 24.3 Å². The van der Waals surface area contributed by atoms with E-state index in [2.05, 4.69) is 29.5 Å². The number of nitrogens with one attached hydrogen (secondary N) is 2. The highest BCUT2D eigenvalue weighted by Gasteiger charge is 2.35. The van der Waals surface area contributed by atoms with Gasteiger partial charge in [-0.3, -0.25) is 4.40 Å². The number of imidazole rings is 1. The summed E-state index contributed by atoms with van der Waals surface area (Å²) >= 11 is 0. The van der Waals surface area contributed by atoms with Gasteiger partial charge in [0.25, 0.3) is 0 Å². The monoisotopic (exact) mass is 520 g/mol. The molecule has 14 heteroatoms. The van der Waals surface area contributed by atoms with Gasteiger partial charge in [-0.1, -0.05) is 10.7 Å². The van der Waals surface area contributed by atoms with Crippen molar-refractivity contribution >= 4 is 34.2 Å². The Morgan fingerprint density at radius 1 is 1.25 bits per heavy atom. The van der Waals surface area contributed by atoms with Crippen LogP contribution in [0.5, 0.6) is 0 Å². The van der Waals surface area contributed by atoms with E-state index < -0.39 is 11.9 Å². The van der Waals surface area contributed by atoms with Crippen molar-refractivity contribution in [2.75, 3.05) is 24.0 Å². The normalized spacial score (nSPS) is 21.3. The largest absolute Gasteiger partial charge is 0.434 e. The number of hydrogen-bond donors (Lipinski definition) is 3. The number of rotatable bonds is 5. The van der Waals surface area contributed by atoms with Crippen molar-refractivity contribution in [3.05, 3.63) is 42.1 Å². The third-order valence-corrected chi connectivity index (χ3v) is 6.36. The van der Waals surface area contributed by atoms with E-state index in [1.807, 2.05) is 26.4 Å². The third kappa shape index (κ3) is 5.09. The second-order valence-electron chi connectivity index (χ2n) is 8.66. The number of nitrogens with two attached hydrogens (primary N) is 1. The molecule has 3 aromatic rings. The maximum absolute atomic E-state index is 13.3. The molecule has 0 radical (unpaired) electrons. The van der Waals surface area contributed by atoms with Gasteiger partial charge in [0.05, 0.1) is 18.4 Å². The van der Waals surface area contributed by atoms with Crippen LogP contribution in [0.15, 0.2) is 40.8 Å². The lowest BCUT2D eigenvalue weighted by atomic mass is 9.96. The summed E-state index contributed by atoms with van der Waals surface area (Å²) in [4.78, 5) is 19.0. The van der Waals surface area contributed by atoms with Crippen LogP contribution >= 0.6 is 0 Å². The summed E-state index contributed by atoms with van der Waals surface area (Å²) < 4.78 is 45.9. The predicted molar refractivity (Wildman–Crippen MR) is 135 cm³/mol. The molecule has 3 unspecified atom stereocenters. The van der Waals surface area contributed by atoms with E-state index in [4.69, 9.17) is 16.1 Å². The molecule has 1 fully saturated rings. The Morgan fingerprint density at radius 2 is 2.00 bits per heavy atom. The fourth-order valence-corrected chi connectivity index (χ4v) is 4.64. The van der Waals surface area contributed by atoms with Crippen molar-refractivity contribution in [1.82, 2.24) is 29.7 Å². The number of nitrogens with zero attached hydrogens (tertiary/aromatic N) is 7. The molecule has 0 amide bonds.